The first kappa shape index (κ1) is 12.8. The highest BCUT2D eigenvalue weighted by Gasteiger charge is 2.43. The fourth-order valence-corrected chi connectivity index (χ4v) is 1.26. The van der Waals surface area contributed by atoms with E-state index in [1.165, 1.54) is 0 Å². The highest BCUT2D eigenvalue weighted by molar-refractivity contribution is 5.29. The second kappa shape index (κ2) is 3.64. The van der Waals surface area contributed by atoms with Gasteiger partial charge in [-0.2, -0.15) is 17.6 Å². The van der Waals surface area contributed by atoms with Gasteiger partial charge in [0, 0.05) is 0 Å². The summed E-state index contributed by atoms with van der Waals surface area (Å²) in [5, 5.41) is 3.22. The molecule has 0 N–H and O–H groups in total. The molecule has 0 aliphatic carbocycles. The van der Waals surface area contributed by atoms with Crippen molar-refractivity contribution in [1.82, 2.24) is 9.78 Å². The molecule has 0 saturated carbocycles. The lowest BCUT2D eigenvalue weighted by molar-refractivity contribution is -0.141. The van der Waals surface area contributed by atoms with Gasteiger partial charge < -0.3 is 4.74 Å². The van der Waals surface area contributed by atoms with E-state index in [1.807, 2.05) is 0 Å². The maximum Gasteiger partial charge on any atom is 0.426 e. The van der Waals surface area contributed by atoms with Crippen molar-refractivity contribution in [3.63, 3.8) is 0 Å². The van der Waals surface area contributed by atoms with Crippen molar-refractivity contribution in [2.45, 2.75) is 32.5 Å². The van der Waals surface area contributed by atoms with Crippen molar-refractivity contribution in [2.75, 3.05) is 7.11 Å². The van der Waals surface area contributed by atoms with Crippen molar-refractivity contribution in [3.8, 4) is 5.88 Å². The van der Waals surface area contributed by atoms with E-state index in [2.05, 4.69) is 9.84 Å². The van der Waals surface area contributed by atoms with Crippen molar-refractivity contribution in [3.05, 3.63) is 11.5 Å². The van der Waals surface area contributed by atoms with Gasteiger partial charge in [-0.1, -0.05) is 0 Å². The number of methoxy groups -OCH3 is 1. The van der Waals surface area contributed by atoms with E-state index >= 15 is 0 Å². The summed E-state index contributed by atoms with van der Waals surface area (Å²) in [6, 6.07) is 0. The Morgan fingerprint density at radius 1 is 1.19 bits per heavy atom. The maximum atomic E-state index is 13.2. The fourth-order valence-electron chi connectivity index (χ4n) is 1.26. The van der Waals surface area contributed by atoms with Crippen LogP contribution in [0.15, 0.2) is 0 Å². The summed E-state index contributed by atoms with van der Waals surface area (Å²) < 4.78 is 56.2. The van der Waals surface area contributed by atoms with E-state index in [0.717, 1.165) is 11.8 Å². The Morgan fingerprint density at radius 2 is 1.69 bits per heavy atom. The molecule has 1 aromatic rings. The molecule has 0 radical (unpaired) electrons. The lowest BCUT2D eigenvalue weighted by atomic mass is 10.1. The minimum atomic E-state index is -4.82. The molecule has 16 heavy (non-hydrogen) atoms. The smallest absolute Gasteiger partial charge is 0.426 e. The SMILES string of the molecule is COc1c(C(F)(F)F)c(F)nn1C(C)(C)C. The minimum Gasteiger partial charge on any atom is -0.481 e. The van der Waals surface area contributed by atoms with E-state index in [1.54, 1.807) is 20.8 Å². The summed E-state index contributed by atoms with van der Waals surface area (Å²) in [6.07, 6.45) is -4.82. The van der Waals surface area contributed by atoms with Gasteiger partial charge in [0.1, 0.15) is 0 Å². The van der Waals surface area contributed by atoms with Crippen LogP contribution in [0.1, 0.15) is 26.3 Å². The van der Waals surface area contributed by atoms with Gasteiger partial charge in [0.25, 0.3) is 0 Å². The Balaban J connectivity index is 3.48. The molecule has 0 bridgehead atoms. The van der Waals surface area contributed by atoms with Crippen LogP contribution in [-0.2, 0) is 11.7 Å². The summed E-state index contributed by atoms with van der Waals surface area (Å²) in [5.74, 6) is -2.18. The van der Waals surface area contributed by atoms with E-state index < -0.39 is 29.1 Å². The van der Waals surface area contributed by atoms with Gasteiger partial charge in [-0.05, 0) is 20.8 Å². The normalized spacial score (nSPS) is 13.0. The van der Waals surface area contributed by atoms with Gasteiger partial charge in [0.05, 0.1) is 12.6 Å². The molecule has 0 spiro atoms. The third-order valence-electron chi connectivity index (χ3n) is 1.91. The lowest BCUT2D eigenvalue weighted by Gasteiger charge is -2.21. The number of halogens is 4. The Bertz CT molecular complexity index is 389. The summed E-state index contributed by atoms with van der Waals surface area (Å²) >= 11 is 0. The highest BCUT2D eigenvalue weighted by atomic mass is 19.4. The third kappa shape index (κ3) is 2.12. The van der Waals surface area contributed by atoms with E-state index in [-0.39, 0.29) is 0 Å². The van der Waals surface area contributed by atoms with Crippen LogP contribution < -0.4 is 4.74 Å². The van der Waals surface area contributed by atoms with Gasteiger partial charge in [-0.15, -0.1) is 5.10 Å². The average molecular weight is 240 g/mol. The van der Waals surface area contributed by atoms with Crippen LogP contribution in [0.2, 0.25) is 0 Å². The largest absolute Gasteiger partial charge is 0.481 e. The number of nitrogens with zero attached hydrogens (tertiary/aromatic N) is 2. The quantitative estimate of drug-likeness (QED) is 0.706. The predicted molar refractivity (Wildman–Crippen MR) is 48.7 cm³/mol. The second-order valence-electron chi connectivity index (χ2n) is 4.26. The van der Waals surface area contributed by atoms with E-state index in [0.29, 0.717) is 0 Å². The topological polar surface area (TPSA) is 27.1 Å². The van der Waals surface area contributed by atoms with Crippen molar-refractivity contribution >= 4 is 0 Å². The molecule has 0 atom stereocenters. The molecule has 0 aromatic carbocycles. The first-order valence-corrected chi connectivity index (χ1v) is 4.49. The number of alkyl halides is 3. The molecule has 1 heterocycles. The van der Waals surface area contributed by atoms with Crippen LogP contribution >= 0.6 is 0 Å². The summed E-state index contributed by atoms with van der Waals surface area (Å²) in [6.45, 7) is 4.80. The number of ether oxygens (including phenoxy) is 1. The monoisotopic (exact) mass is 240 g/mol. The zero-order valence-corrected chi connectivity index (χ0v) is 9.31. The van der Waals surface area contributed by atoms with Gasteiger partial charge in [0.2, 0.25) is 11.8 Å². The molecule has 0 saturated heterocycles. The highest BCUT2D eigenvalue weighted by Crippen LogP contribution is 2.39. The van der Waals surface area contributed by atoms with Crippen LogP contribution in [-0.4, -0.2) is 16.9 Å². The standard InChI is InChI=1S/C9H12F4N2O/c1-8(2,3)15-7(16-4)5(6(10)14-15)9(11,12)13/h1-4H3. The molecule has 1 aromatic heterocycles. The van der Waals surface area contributed by atoms with Gasteiger partial charge in [-0.3, -0.25) is 0 Å². The molecule has 7 heteroatoms. The molecular formula is C9H12F4N2O. The molecule has 3 nitrogen and oxygen atoms in total. The second-order valence-corrected chi connectivity index (χ2v) is 4.26. The van der Waals surface area contributed by atoms with Crippen LogP contribution in [0.5, 0.6) is 5.88 Å². The summed E-state index contributed by atoms with van der Waals surface area (Å²) in [7, 11) is 1.05. The van der Waals surface area contributed by atoms with Crippen molar-refractivity contribution in [2.24, 2.45) is 0 Å². The predicted octanol–water partition coefficient (Wildman–Crippen LogP) is 2.80. The molecule has 0 aliphatic rings. The molecule has 0 fully saturated rings. The van der Waals surface area contributed by atoms with E-state index in [9.17, 15) is 17.6 Å². The first-order valence-electron chi connectivity index (χ1n) is 4.49. The molecular weight excluding hydrogens is 228 g/mol. The number of aromatic nitrogens is 2. The fraction of sp³-hybridized carbons (Fsp3) is 0.667. The first-order chi connectivity index (χ1) is 7.09. The Morgan fingerprint density at radius 3 is 2.00 bits per heavy atom. The van der Waals surface area contributed by atoms with Gasteiger partial charge in [0.15, 0.2) is 5.56 Å². The van der Waals surface area contributed by atoms with Crippen molar-refractivity contribution in [1.29, 1.82) is 0 Å². The molecule has 0 unspecified atom stereocenters. The average Bonchev–Trinajstić information content (AvgIpc) is 2.40. The van der Waals surface area contributed by atoms with Crippen LogP contribution in [0.4, 0.5) is 17.6 Å². The number of hydrogen-bond acceptors (Lipinski definition) is 2. The summed E-state index contributed by atoms with van der Waals surface area (Å²) in [5.41, 5.74) is -2.26. The molecule has 0 amide bonds. The maximum absolute atomic E-state index is 13.2. The van der Waals surface area contributed by atoms with Crippen LogP contribution in [0.3, 0.4) is 0 Å². The molecule has 1 rings (SSSR count). The zero-order valence-electron chi connectivity index (χ0n) is 9.31. The van der Waals surface area contributed by atoms with Gasteiger partial charge >= 0.3 is 6.18 Å². The number of hydrogen-bond donors (Lipinski definition) is 0. The van der Waals surface area contributed by atoms with Crippen molar-refractivity contribution < 1.29 is 22.3 Å². The lowest BCUT2D eigenvalue weighted by Crippen LogP contribution is -2.24. The Kier molecular flexibility index (Phi) is 2.91. The summed E-state index contributed by atoms with van der Waals surface area (Å²) in [4.78, 5) is 0. The van der Waals surface area contributed by atoms with Crippen LogP contribution in [0, 0.1) is 5.95 Å². The number of rotatable bonds is 1. The van der Waals surface area contributed by atoms with E-state index in [4.69, 9.17) is 0 Å². The van der Waals surface area contributed by atoms with Crippen LogP contribution in [0.25, 0.3) is 0 Å². The zero-order chi connectivity index (χ0) is 12.7. The minimum absolute atomic E-state index is 0.613. The molecule has 92 valence electrons. The van der Waals surface area contributed by atoms with Gasteiger partial charge in [-0.25, -0.2) is 4.68 Å². The Hall–Kier alpha value is -1.27. The third-order valence-corrected chi connectivity index (χ3v) is 1.91. The Labute approximate surface area is 90.0 Å². The molecule has 0 aliphatic heterocycles.